The lowest BCUT2D eigenvalue weighted by atomic mass is 9.96. The highest BCUT2D eigenvalue weighted by atomic mass is 32.2. The van der Waals surface area contributed by atoms with Crippen LogP contribution < -0.4 is 9.62 Å². The molecule has 1 N–H and O–H groups in total. The van der Waals surface area contributed by atoms with Crippen molar-refractivity contribution >= 4 is 15.7 Å². The van der Waals surface area contributed by atoms with Crippen molar-refractivity contribution in [2.45, 2.75) is 37.6 Å². The van der Waals surface area contributed by atoms with E-state index in [0.29, 0.717) is 24.7 Å². The van der Waals surface area contributed by atoms with Crippen molar-refractivity contribution in [2.75, 3.05) is 51.3 Å². The Balaban J connectivity index is 1.60. The molecule has 2 aromatic rings. The summed E-state index contributed by atoms with van der Waals surface area (Å²) in [5.41, 5.74) is 5.63. The summed E-state index contributed by atoms with van der Waals surface area (Å²) >= 11 is 0. The van der Waals surface area contributed by atoms with Crippen molar-refractivity contribution in [2.24, 2.45) is 0 Å². The number of nitrogens with one attached hydrogen (secondary N) is 1. The lowest BCUT2D eigenvalue weighted by molar-refractivity contribution is 0.0172. The van der Waals surface area contributed by atoms with Gasteiger partial charge in [-0.2, -0.15) is 0 Å². The van der Waals surface area contributed by atoms with Crippen LogP contribution in [-0.4, -0.2) is 59.8 Å². The Hall–Kier alpha value is -1.93. The molecule has 2 heterocycles. The van der Waals surface area contributed by atoms with Crippen molar-refractivity contribution in [3.8, 4) is 0 Å². The second-order valence-electron chi connectivity index (χ2n) is 8.70. The van der Waals surface area contributed by atoms with Gasteiger partial charge in [0, 0.05) is 45.0 Å². The zero-order chi connectivity index (χ0) is 22.0. The minimum atomic E-state index is -3.59. The van der Waals surface area contributed by atoms with Gasteiger partial charge in [-0.1, -0.05) is 29.8 Å². The van der Waals surface area contributed by atoms with Gasteiger partial charge in [-0.25, -0.2) is 13.1 Å². The highest BCUT2D eigenvalue weighted by Gasteiger charge is 2.27. The third-order valence-corrected chi connectivity index (χ3v) is 8.00. The molecule has 1 fully saturated rings. The Morgan fingerprint density at radius 3 is 2.58 bits per heavy atom. The predicted octanol–water partition coefficient (Wildman–Crippen LogP) is 3.04. The summed E-state index contributed by atoms with van der Waals surface area (Å²) in [4.78, 5) is 4.99. The van der Waals surface area contributed by atoms with E-state index in [0.717, 1.165) is 43.6 Å². The maximum atomic E-state index is 13.1. The molecule has 2 aromatic carbocycles. The second kappa shape index (κ2) is 9.28. The first-order chi connectivity index (χ1) is 14.8. The first kappa shape index (κ1) is 22.3. The molecule has 2 aliphatic heterocycles. The van der Waals surface area contributed by atoms with Crippen LogP contribution in [0.2, 0.25) is 0 Å². The fourth-order valence-electron chi connectivity index (χ4n) is 4.73. The smallest absolute Gasteiger partial charge is 0.240 e. The lowest BCUT2D eigenvalue weighted by Gasteiger charge is -2.36. The first-order valence-corrected chi connectivity index (χ1v) is 12.6. The fourth-order valence-corrected chi connectivity index (χ4v) is 5.99. The van der Waals surface area contributed by atoms with Gasteiger partial charge in [-0.15, -0.1) is 0 Å². The fraction of sp³-hybridized carbons (Fsp3) is 0.500. The number of ether oxygens (including phenoxy) is 1. The van der Waals surface area contributed by atoms with E-state index in [-0.39, 0.29) is 6.04 Å². The number of benzene rings is 2. The largest absolute Gasteiger partial charge is 0.379 e. The Labute approximate surface area is 186 Å². The van der Waals surface area contributed by atoms with Crippen LogP contribution in [0.5, 0.6) is 0 Å². The highest BCUT2D eigenvalue weighted by molar-refractivity contribution is 7.89. The average Bonchev–Trinajstić information content (AvgIpc) is 2.74. The van der Waals surface area contributed by atoms with Crippen LogP contribution in [0.25, 0.3) is 0 Å². The Morgan fingerprint density at radius 2 is 1.84 bits per heavy atom. The number of anilines is 1. The van der Waals surface area contributed by atoms with Gasteiger partial charge >= 0.3 is 0 Å². The third kappa shape index (κ3) is 4.95. The molecule has 0 unspecified atom stereocenters. The molecule has 6 nitrogen and oxygen atoms in total. The normalized spacial score (nSPS) is 18.6. The summed E-state index contributed by atoms with van der Waals surface area (Å²) in [6.07, 6.45) is 2.21. The number of fused-ring (bicyclic) bond motifs is 1. The molecule has 4 rings (SSSR count). The van der Waals surface area contributed by atoms with E-state index in [1.165, 1.54) is 16.8 Å². The van der Waals surface area contributed by atoms with E-state index in [4.69, 9.17) is 4.74 Å². The summed E-state index contributed by atoms with van der Waals surface area (Å²) in [5.74, 6) is 0. The van der Waals surface area contributed by atoms with Crippen LogP contribution in [0.4, 0.5) is 5.69 Å². The zero-order valence-electron chi connectivity index (χ0n) is 18.7. The maximum Gasteiger partial charge on any atom is 0.240 e. The summed E-state index contributed by atoms with van der Waals surface area (Å²) in [7, 11) is -1.46. The molecule has 2 aliphatic rings. The Kier molecular flexibility index (Phi) is 6.67. The minimum Gasteiger partial charge on any atom is -0.379 e. The summed E-state index contributed by atoms with van der Waals surface area (Å²) in [6.45, 7) is 8.18. The van der Waals surface area contributed by atoms with E-state index >= 15 is 0 Å². The number of sulfonamides is 1. The van der Waals surface area contributed by atoms with Gasteiger partial charge in [0.05, 0.1) is 18.1 Å². The van der Waals surface area contributed by atoms with Crippen LogP contribution in [0.3, 0.4) is 0 Å². The van der Waals surface area contributed by atoms with Crippen molar-refractivity contribution in [3.05, 3.63) is 58.7 Å². The van der Waals surface area contributed by atoms with Crippen molar-refractivity contribution in [3.63, 3.8) is 0 Å². The molecule has 0 aromatic heterocycles. The van der Waals surface area contributed by atoms with Crippen LogP contribution in [-0.2, 0) is 21.2 Å². The number of aryl methyl sites for hydroxylation is 3. The maximum absolute atomic E-state index is 13.1. The topological polar surface area (TPSA) is 61.9 Å². The molecule has 31 heavy (non-hydrogen) atoms. The van der Waals surface area contributed by atoms with Crippen LogP contribution >= 0.6 is 0 Å². The first-order valence-electron chi connectivity index (χ1n) is 11.1. The molecule has 168 valence electrons. The van der Waals surface area contributed by atoms with Crippen molar-refractivity contribution in [1.82, 2.24) is 9.62 Å². The molecular formula is C24H33N3O3S. The van der Waals surface area contributed by atoms with E-state index in [9.17, 15) is 8.42 Å². The van der Waals surface area contributed by atoms with E-state index in [1.807, 2.05) is 26.0 Å². The minimum absolute atomic E-state index is 0.0260. The average molecular weight is 444 g/mol. The molecule has 0 amide bonds. The summed E-state index contributed by atoms with van der Waals surface area (Å²) < 4.78 is 34.6. The standard InChI is InChI=1S/C24H33N3O3S/c1-18-6-9-24(19(2)15-18)31(28,29)25-17-23(27-11-13-30-14-12-27)21-7-8-22-20(16-21)5-4-10-26(22)3/h6-9,15-16,23,25H,4-5,10-14,17H2,1-3H3/t23-/m0/s1. The van der Waals surface area contributed by atoms with Gasteiger partial charge < -0.3 is 9.64 Å². The SMILES string of the molecule is Cc1ccc(S(=O)(=O)NC[C@@H](c2ccc3c(c2)CCCN3C)N2CCOCC2)c(C)c1. The number of morpholine rings is 1. The van der Waals surface area contributed by atoms with Gasteiger partial charge in [0.15, 0.2) is 0 Å². The zero-order valence-corrected chi connectivity index (χ0v) is 19.5. The van der Waals surface area contributed by atoms with Gasteiger partial charge in [0.25, 0.3) is 0 Å². The molecule has 1 atom stereocenters. The van der Waals surface area contributed by atoms with Crippen LogP contribution in [0.15, 0.2) is 41.3 Å². The Bertz CT molecular complexity index is 1030. The van der Waals surface area contributed by atoms with Crippen LogP contribution in [0.1, 0.15) is 34.7 Å². The van der Waals surface area contributed by atoms with E-state index in [2.05, 4.69) is 39.8 Å². The monoisotopic (exact) mass is 443 g/mol. The molecule has 0 radical (unpaired) electrons. The third-order valence-electron chi connectivity index (χ3n) is 6.41. The second-order valence-corrected chi connectivity index (χ2v) is 10.4. The van der Waals surface area contributed by atoms with Crippen molar-refractivity contribution < 1.29 is 13.2 Å². The predicted molar refractivity (Wildman–Crippen MR) is 124 cm³/mol. The molecule has 0 bridgehead atoms. The molecule has 7 heteroatoms. The van der Waals surface area contributed by atoms with Gasteiger partial charge in [-0.05, 0) is 55.5 Å². The van der Waals surface area contributed by atoms with Crippen LogP contribution in [0, 0.1) is 13.8 Å². The highest BCUT2D eigenvalue weighted by Crippen LogP contribution is 2.31. The van der Waals surface area contributed by atoms with Gasteiger partial charge in [0.2, 0.25) is 10.0 Å². The van der Waals surface area contributed by atoms with E-state index in [1.54, 1.807) is 6.07 Å². The molecular weight excluding hydrogens is 410 g/mol. The number of nitrogens with zero attached hydrogens (tertiary/aromatic N) is 2. The van der Waals surface area contributed by atoms with Gasteiger partial charge in [0.1, 0.15) is 0 Å². The molecule has 0 aliphatic carbocycles. The Morgan fingerprint density at radius 1 is 1.06 bits per heavy atom. The summed E-state index contributed by atoms with van der Waals surface area (Å²) in [5, 5.41) is 0. The van der Waals surface area contributed by atoms with E-state index < -0.39 is 10.0 Å². The molecule has 0 saturated carbocycles. The number of hydrogen-bond acceptors (Lipinski definition) is 5. The number of hydrogen-bond donors (Lipinski definition) is 1. The quantitative estimate of drug-likeness (QED) is 0.744. The van der Waals surface area contributed by atoms with Crippen molar-refractivity contribution in [1.29, 1.82) is 0 Å². The summed E-state index contributed by atoms with van der Waals surface area (Å²) in [6, 6.07) is 12.1. The molecule has 1 saturated heterocycles. The number of rotatable bonds is 6. The lowest BCUT2D eigenvalue weighted by Crippen LogP contribution is -2.44. The van der Waals surface area contributed by atoms with Gasteiger partial charge in [-0.3, -0.25) is 4.90 Å². The molecule has 0 spiro atoms.